The number of nitrogens with zero attached hydrogens (tertiary/aromatic N) is 3. The number of hydrogen-bond acceptors (Lipinski definition) is 3. The van der Waals surface area contributed by atoms with Crippen LogP contribution < -0.4 is 15.5 Å². The standard InChI is InChI=1S/C25H29N5OS/c1-5-22(31)27-20-10-9-19(14-17(20)4)30-24(18-11-13-29(15-18)16(2)3)23(28-25(30)32)21-8-6-7-12-26-21/h6-16,23-24H,5H2,1-4H3,(H,27,31)(H,28,32)/t23-,24-/m1/s1. The Hall–Kier alpha value is -3.19. The van der Waals surface area contributed by atoms with E-state index >= 15 is 0 Å². The summed E-state index contributed by atoms with van der Waals surface area (Å²) < 4.78 is 2.21. The molecule has 1 fully saturated rings. The SMILES string of the molecule is CCC(=O)Nc1ccc(N2C(=S)N[C@H](c3ccccn3)[C@H]2c2ccn(C(C)C)c2)cc1C. The molecule has 6 nitrogen and oxygen atoms in total. The van der Waals surface area contributed by atoms with Gasteiger partial charge in [-0.2, -0.15) is 0 Å². The normalized spacial score (nSPS) is 18.2. The quantitative estimate of drug-likeness (QED) is 0.502. The van der Waals surface area contributed by atoms with Gasteiger partial charge in [0.1, 0.15) is 0 Å². The number of aryl methyl sites for hydroxylation is 1. The summed E-state index contributed by atoms with van der Waals surface area (Å²) in [7, 11) is 0. The number of pyridine rings is 1. The third-order valence-electron chi connectivity index (χ3n) is 5.86. The minimum absolute atomic E-state index is 0.00216. The van der Waals surface area contributed by atoms with Gasteiger partial charge in [-0.1, -0.05) is 13.0 Å². The van der Waals surface area contributed by atoms with Crippen LogP contribution in [0.1, 0.15) is 62.1 Å². The van der Waals surface area contributed by atoms with E-state index in [0.717, 1.165) is 22.6 Å². The maximum atomic E-state index is 11.9. The summed E-state index contributed by atoms with van der Waals surface area (Å²) in [5, 5.41) is 7.12. The van der Waals surface area contributed by atoms with Crippen molar-refractivity contribution in [1.82, 2.24) is 14.9 Å². The van der Waals surface area contributed by atoms with Crippen molar-refractivity contribution >= 4 is 34.6 Å². The second kappa shape index (κ2) is 9.12. The molecule has 1 saturated heterocycles. The molecule has 166 valence electrons. The molecule has 1 aromatic carbocycles. The summed E-state index contributed by atoms with van der Waals surface area (Å²) >= 11 is 5.81. The molecule has 3 heterocycles. The molecule has 0 aliphatic carbocycles. The molecule has 0 bridgehead atoms. The lowest BCUT2D eigenvalue weighted by Crippen LogP contribution is -2.29. The van der Waals surface area contributed by atoms with Crippen LogP contribution in [-0.4, -0.2) is 20.6 Å². The predicted molar refractivity (Wildman–Crippen MR) is 133 cm³/mol. The molecule has 0 spiro atoms. The highest BCUT2D eigenvalue weighted by atomic mass is 32.1. The zero-order chi connectivity index (χ0) is 22.8. The van der Waals surface area contributed by atoms with Crippen LogP contribution in [0.5, 0.6) is 0 Å². The van der Waals surface area contributed by atoms with Crippen molar-refractivity contribution in [2.45, 2.75) is 52.2 Å². The third-order valence-corrected chi connectivity index (χ3v) is 6.17. The Labute approximate surface area is 194 Å². The van der Waals surface area contributed by atoms with Gasteiger partial charge in [-0.15, -0.1) is 0 Å². The minimum atomic E-state index is -0.0773. The highest BCUT2D eigenvalue weighted by molar-refractivity contribution is 7.80. The van der Waals surface area contributed by atoms with Crippen molar-refractivity contribution in [1.29, 1.82) is 0 Å². The summed E-state index contributed by atoms with van der Waals surface area (Å²) in [5.74, 6) is 0.00216. The molecule has 2 N–H and O–H groups in total. The first-order valence-electron chi connectivity index (χ1n) is 11.0. The molecule has 3 aromatic rings. The Morgan fingerprint density at radius 1 is 1.25 bits per heavy atom. The maximum Gasteiger partial charge on any atom is 0.224 e. The number of aromatic nitrogens is 2. The molecular weight excluding hydrogens is 418 g/mol. The van der Waals surface area contributed by atoms with Gasteiger partial charge < -0.3 is 20.1 Å². The zero-order valence-corrected chi connectivity index (χ0v) is 19.7. The minimum Gasteiger partial charge on any atom is -0.351 e. The molecule has 2 atom stereocenters. The average molecular weight is 448 g/mol. The van der Waals surface area contributed by atoms with E-state index in [1.807, 2.05) is 50.4 Å². The van der Waals surface area contributed by atoms with Gasteiger partial charge in [-0.25, -0.2) is 0 Å². The number of anilines is 2. The highest BCUT2D eigenvalue weighted by Crippen LogP contribution is 2.42. The number of thiocarbonyl (C=S) groups is 1. The molecule has 7 heteroatoms. The van der Waals surface area contributed by atoms with E-state index in [1.54, 1.807) is 0 Å². The van der Waals surface area contributed by atoms with Gasteiger partial charge in [0.15, 0.2) is 5.11 Å². The summed E-state index contributed by atoms with van der Waals surface area (Å²) in [4.78, 5) is 18.6. The Balaban J connectivity index is 1.76. The lowest BCUT2D eigenvalue weighted by atomic mass is 9.98. The van der Waals surface area contributed by atoms with E-state index < -0.39 is 0 Å². The summed E-state index contributed by atoms with van der Waals surface area (Å²) in [6.45, 7) is 8.19. The Kier molecular flexibility index (Phi) is 6.28. The average Bonchev–Trinajstić information content (AvgIpc) is 3.40. The Morgan fingerprint density at radius 3 is 2.69 bits per heavy atom. The van der Waals surface area contributed by atoms with Crippen LogP contribution in [0.25, 0.3) is 0 Å². The summed E-state index contributed by atoms with van der Waals surface area (Å²) in [5.41, 5.74) is 4.91. The lowest BCUT2D eigenvalue weighted by molar-refractivity contribution is -0.115. The number of benzene rings is 1. The molecule has 1 aliphatic heterocycles. The van der Waals surface area contributed by atoms with Gasteiger partial charge >= 0.3 is 0 Å². The van der Waals surface area contributed by atoms with Gasteiger partial charge in [0, 0.05) is 42.4 Å². The second-order valence-electron chi connectivity index (χ2n) is 8.38. The molecule has 32 heavy (non-hydrogen) atoms. The molecule has 1 aliphatic rings. The van der Waals surface area contributed by atoms with Crippen LogP contribution in [0.4, 0.5) is 11.4 Å². The first-order valence-corrected chi connectivity index (χ1v) is 11.4. The van der Waals surface area contributed by atoms with Crippen LogP contribution in [0, 0.1) is 6.92 Å². The first kappa shape index (κ1) is 22.0. The molecule has 0 unspecified atom stereocenters. The third kappa shape index (κ3) is 4.25. The number of carbonyl (C=O) groups excluding carboxylic acids is 1. The van der Waals surface area contributed by atoms with E-state index in [-0.39, 0.29) is 18.0 Å². The van der Waals surface area contributed by atoms with Crippen LogP contribution >= 0.6 is 12.2 Å². The van der Waals surface area contributed by atoms with Crippen molar-refractivity contribution in [2.24, 2.45) is 0 Å². The fraction of sp³-hybridized carbons (Fsp3) is 0.320. The van der Waals surface area contributed by atoms with E-state index in [4.69, 9.17) is 12.2 Å². The van der Waals surface area contributed by atoms with Crippen LogP contribution in [0.15, 0.2) is 61.1 Å². The van der Waals surface area contributed by atoms with Crippen molar-refractivity contribution in [2.75, 3.05) is 10.2 Å². The van der Waals surface area contributed by atoms with Crippen LogP contribution in [0.3, 0.4) is 0 Å². The predicted octanol–water partition coefficient (Wildman–Crippen LogP) is 5.30. The van der Waals surface area contributed by atoms with E-state index in [2.05, 4.69) is 63.5 Å². The summed E-state index contributed by atoms with van der Waals surface area (Å²) in [6.07, 6.45) is 6.57. The van der Waals surface area contributed by atoms with Gasteiger partial charge in [-0.05, 0) is 80.5 Å². The largest absolute Gasteiger partial charge is 0.351 e. The van der Waals surface area contributed by atoms with Gasteiger partial charge in [0.05, 0.1) is 17.8 Å². The molecular formula is C25H29N5OS. The van der Waals surface area contributed by atoms with Gasteiger partial charge in [-0.3, -0.25) is 9.78 Å². The summed E-state index contributed by atoms with van der Waals surface area (Å²) in [6, 6.07) is 14.4. The number of nitrogens with one attached hydrogen (secondary N) is 2. The molecule has 2 aromatic heterocycles. The van der Waals surface area contributed by atoms with E-state index in [9.17, 15) is 4.79 Å². The van der Waals surface area contributed by atoms with Crippen LogP contribution in [-0.2, 0) is 4.79 Å². The number of amides is 1. The van der Waals surface area contributed by atoms with Crippen LogP contribution in [0.2, 0.25) is 0 Å². The molecule has 0 radical (unpaired) electrons. The second-order valence-corrected chi connectivity index (χ2v) is 8.77. The van der Waals surface area contributed by atoms with E-state index in [0.29, 0.717) is 17.6 Å². The Bertz CT molecular complexity index is 1120. The fourth-order valence-corrected chi connectivity index (χ4v) is 4.42. The topological polar surface area (TPSA) is 62.2 Å². The lowest BCUT2D eigenvalue weighted by Gasteiger charge is -2.28. The fourth-order valence-electron chi connectivity index (χ4n) is 4.07. The van der Waals surface area contributed by atoms with E-state index in [1.165, 1.54) is 5.56 Å². The zero-order valence-electron chi connectivity index (χ0n) is 18.9. The van der Waals surface area contributed by atoms with Crippen molar-refractivity contribution < 1.29 is 4.79 Å². The molecule has 4 rings (SSSR count). The number of rotatable bonds is 6. The first-order chi connectivity index (χ1) is 15.4. The number of hydrogen-bond donors (Lipinski definition) is 2. The highest BCUT2D eigenvalue weighted by Gasteiger charge is 2.41. The smallest absolute Gasteiger partial charge is 0.224 e. The van der Waals surface area contributed by atoms with Gasteiger partial charge in [0.25, 0.3) is 0 Å². The monoisotopic (exact) mass is 447 g/mol. The van der Waals surface area contributed by atoms with Crippen molar-refractivity contribution in [3.63, 3.8) is 0 Å². The number of carbonyl (C=O) groups is 1. The Morgan fingerprint density at radius 2 is 2.06 bits per heavy atom. The van der Waals surface area contributed by atoms with Crippen molar-refractivity contribution in [3.05, 3.63) is 77.9 Å². The van der Waals surface area contributed by atoms with Crippen molar-refractivity contribution in [3.8, 4) is 0 Å². The maximum absolute atomic E-state index is 11.9. The van der Waals surface area contributed by atoms with Gasteiger partial charge in [0.2, 0.25) is 5.91 Å². The molecule has 0 saturated carbocycles. The molecule has 1 amide bonds.